The number of ether oxygens (including phenoxy) is 1. The first-order chi connectivity index (χ1) is 11.0. The first kappa shape index (κ1) is 18.6. The minimum absolute atomic E-state index is 0.108. The first-order valence-electron chi connectivity index (χ1n) is 7.86. The topological polar surface area (TPSA) is 55.6 Å². The van der Waals surface area contributed by atoms with E-state index in [4.69, 9.17) is 10.5 Å². The number of amides is 1. The van der Waals surface area contributed by atoms with E-state index < -0.39 is 23.4 Å². The van der Waals surface area contributed by atoms with Crippen molar-refractivity contribution in [2.24, 2.45) is 5.73 Å². The monoisotopic (exact) mass is 344 g/mol. The maximum atomic E-state index is 12.7. The third-order valence-electron chi connectivity index (χ3n) is 3.84. The number of carbonyl (C=O) groups excluding carboxylic acids is 1. The lowest BCUT2D eigenvalue weighted by Crippen LogP contribution is -2.50. The number of carbonyl (C=O) groups is 1. The van der Waals surface area contributed by atoms with Gasteiger partial charge < -0.3 is 15.4 Å². The fraction of sp³-hybridized carbons (Fsp3) is 0.588. The van der Waals surface area contributed by atoms with Crippen LogP contribution in [0.5, 0.6) is 0 Å². The minimum Gasteiger partial charge on any atom is -0.444 e. The molecule has 1 fully saturated rings. The molecule has 0 bridgehead atoms. The van der Waals surface area contributed by atoms with Gasteiger partial charge in [0.1, 0.15) is 5.60 Å². The van der Waals surface area contributed by atoms with Gasteiger partial charge in [-0.15, -0.1) is 0 Å². The molecule has 0 radical (unpaired) electrons. The predicted octanol–water partition coefficient (Wildman–Crippen LogP) is 3.76. The van der Waals surface area contributed by atoms with E-state index in [2.05, 4.69) is 0 Å². The van der Waals surface area contributed by atoms with Gasteiger partial charge >= 0.3 is 12.3 Å². The molecule has 1 aliphatic rings. The van der Waals surface area contributed by atoms with E-state index >= 15 is 0 Å². The Labute approximate surface area is 139 Å². The van der Waals surface area contributed by atoms with Crippen molar-refractivity contribution in [3.05, 3.63) is 35.4 Å². The highest BCUT2D eigenvalue weighted by molar-refractivity contribution is 5.68. The van der Waals surface area contributed by atoms with Crippen LogP contribution >= 0.6 is 0 Å². The molecule has 2 atom stereocenters. The smallest absolute Gasteiger partial charge is 0.416 e. The van der Waals surface area contributed by atoms with Crippen molar-refractivity contribution in [1.29, 1.82) is 0 Å². The third kappa shape index (κ3) is 4.87. The lowest BCUT2D eigenvalue weighted by molar-refractivity contribution is -0.137. The van der Waals surface area contributed by atoms with E-state index in [-0.39, 0.29) is 12.0 Å². The van der Waals surface area contributed by atoms with Crippen molar-refractivity contribution in [2.75, 3.05) is 13.1 Å². The van der Waals surface area contributed by atoms with Crippen LogP contribution in [0.25, 0.3) is 0 Å². The number of hydrogen-bond donors (Lipinski definition) is 1. The van der Waals surface area contributed by atoms with Crippen LogP contribution in [-0.4, -0.2) is 35.7 Å². The van der Waals surface area contributed by atoms with Gasteiger partial charge in [-0.05, 0) is 44.9 Å². The molecule has 0 saturated carbocycles. The highest BCUT2D eigenvalue weighted by Gasteiger charge is 2.33. The zero-order valence-corrected chi connectivity index (χ0v) is 14.1. The molecule has 24 heavy (non-hydrogen) atoms. The van der Waals surface area contributed by atoms with Gasteiger partial charge in [-0.1, -0.05) is 12.1 Å². The number of likely N-dealkylation sites (tertiary alicyclic amines) is 1. The van der Waals surface area contributed by atoms with Crippen LogP contribution in [0.15, 0.2) is 24.3 Å². The van der Waals surface area contributed by atoms with Gasteiger partial charge in [-0.3, -0.25) is 0 Å². The summed E-state index contributed by atoms with van der Waals surface area (Å²) < 4.78 is 43.3. The second kappa shape index (κ2) is 6.63. The molecule has 1 saturated heterocycles. The van der Waals surface area contributed by atoms with E-state index in [1.807, 2.05) is 0 Å². The van der Waals surface area contributed by atoms with E-state index in [0.29, 0.717) is 19.5 Å². The summed E-state index contributed by atoms with van der Waals surface area (Å²) in [5.74, 6) is -0.108. The van der Waals surface area contributed by atoms with Gasteiger partial charge in [-0.2, -0.15) is 13.2 Å². The lowest BCUT2D eigenvalue weighted by atomic mass is 9.88. The average molecular weight is 344 g/mol. The van der Waals surface area contributed by atoms with Gasteiger partial charge in [0.2, 0.25) is 0 Å². The Morgan fingerprint density at radius 2 is 1.75 bits per heavy atom. The van der Waals surface area contributed by atoms with Crippen molar-refractivity contribution in [1.82, 2.24) is 4.90 Å². The summed E-state index contributed by atoms with van der Waals surface area (Å²) in [5.41, 5.74) is 5.47. The van der Waals surface area contributed by atoms with Crippen molar-refractivity contribution in [3.63, 3.8) is 0 Å². The third-order valence-corrected chi connectivity index (χ3v) is 3.84. The standard InChI is InChI=1S/C17H23F3N2O2/c1-16(2,3)24-15(23)22-9-12(8-14(21)10-22)11-4-6-13(7-5-11)17(18,19)20/h4-7,12,14H,8-10,21H2,1-3H3. The summed E-state index contributed by atoms with van der Waals surface area (Å²) >= 11 is 0. The molecule has 2 unspecified atom stereocenters. The van der Waals surface area contributed by atoms with Crippen molar-refractivity contribution >= 4 is 6.09 Å². The molecule has 1 aromatic rings. The summed E-state index contributed by atoms with van der Waals surface area (Å²) in [6, 6.07) is 4.80. The molecular weight excluding hydrogens is 321 g/mol. The van der Waals surface area contributed by atoms with Crippen molar-refractivity contribution < 1.29 is 22.7 Å². The van der Waals surface area contributed by atoms with E-state index in [1.54, 1.807) is 20.8 Å². The number of halogens is 3. The van der Waals surface area contributed by atoms with Crippen LogP contribution < -0.4 is 5.73 Å². The zero-order chi connectivity index (χ0) is 18.1. The van der Waals surface area contributed by atoms with Crippen LogP contribution in [0.1, 0.15) is 44.2 Å². The van der Waals surface area contributed by atoms with Crippen LogP contribution in [0.4, 0.5) is 18.0 Å². The van der Waals surface area contributed by atoms with Crippen LogP contribution in [0.3, 0.4) is 0 Å². The Kier molecular flexibility index (Phi) is 5.13. The van der Waals surface area contributed by atoms with Gasteiger partial charge in [0, 0.05) is 25.0 Å². The molecule has 0 spiro atoms. The van der Waals surface area contributed by atoms with Crippen molar-refractivity contribution in [2.45, 2.75) is 50.9 Å². The van der Waals surface area contributed by atoms with Gasteiger partial charge in [0.25, 0.3) is 0 Å². The summed E-state index contributed by atoms with van der Waals surface area (Å²) in [7, 11) is 0. The zero-order valence-electron chi connectivity index (χ0n) is 14.1. The fourth-order valence-corrected chi connectivity index (χ4v) is 2.80. The number of piperidine rings is 1. The summed E-state index contributed by atoms with van der Waals surface area (Å²) in [4.78, 5) is 13.8. The van der Waals surface area contributed by atoms with Crippen LogP contribution in [0.2, 0.25) is 0 Å². The van der Waals surface area contributed by atoms with E-state index in [1.165, 1.54) is 17.0 Å². The summed E-state index contributed by atoms with van der Waals surface area (Å²) in [6.07, 6.45) is -4.19. The molecule has 0 aliphatic carbocycles. The predicted molar refractivity (Wildman–Crippen MR) is 84.6 cm³/mol. The Hall–Kier alpha value is -1.76. The Balaban J connectivity index is 2.12. The van der Waals surface area contributed by atoms with Crippen LogP contribution in [-0.2, 0) is 10.9 Å². The Morgan fingerprint density at radius 3 is 2.25 bits per heavy atom. The van der Waals surface area contributed by atoms with E-state index in [9.17, 15) is 18.0 Å². The highest BCUT2D eigenvalue weighted by Crippen LogP contribution is 2.32. The molecule has 2 rings (SSSR count). The number of nitrogens with zero attached hydrogens (tertiary/aromatic N) is 1. The maximum absolute atomic E-state index is 12.7. The molecule has 1 amide bonds. The Bertz CT molecular complexity index is 579. The molecule has 1 aromatic carbocycles. The summed E-state index contributed by atoms with van der Waals surface area (Å²) in [5, 5.41) is 0. The molecule has 1 heterocycles. The lowest BCUT2D eigenvalue weighted by Gasteiger charge is -2.37. The fourth-order valence-electron chi connectivity index (χ4n) is 2.80. The van der Waals surface area contributed by atoms with Gasteiger partial charge in [0.05, 0.1) is 5.56 Å². The number of hydrogen-bond acceptors (Lipinski definition) is 3. The number of benzene rings is 1. The molecule has 7 heteroatoms. The maximum Gasteiger partial charge on any atom is 0.416 e. The molecule has 4 nitrogen and oxygen atoms in total. The second-order valence-electron chi connectivity index (χ2n) is 7.20. The van der Waals surface area contributed by atoms with Crippen molar-refractivity contribution in [3.8, 4) is 0 Å². The van der Waals surface area contributed by atoms with Gasteiger partial charge in [-0.25, -0.2) is 4.79 Å². The van der Waals surface area contributed by atoms with Gasteiger partial charge in [0.15, 0.2) is 0 Å². The molecule has 2 N–H and O–H groups in total. The number of rotatable bonds is 1. The SMILES string of the molecule is CC(C)(C)OC(=O)N1CC(N)CC(c2ccc(C(F)(F)F)cc2)C1. The first-order valence-corrected chi connectivity index (χ1v) is 7.86. The quantitative estimate of drug-likeness (QED) is 0.844. The largest absolute Gasteiger partial charge is 0.444 e. The van der Waals surface area contributed by atoms with E-state index in [0.717, 1.165) is 17.7 Å². The normalized spacial score (nSPS) is 22.4. The Morgan fingerprint density at radius 1 is 1.17 bits per heavy atom. The van der Waals surface area contributed by atoms with Crippen LogP contribution in [0, 0.1) is 0 Å². The highest BCUT2D eigenvalue weighted by atomic mass is 19.4. The number of nitrogens with two attached hydrogens (primary N) is 1. The number of alkyl halides is 3. The molecular formula is C17H23F3N2O2. The molecule has 0 aromatic heterocycles. The molecule has 134 valence electrons. The average Bonchev–Trinajstić information content (AvgIpc) is 2.44. The summed E-state index contributed by atoms with van der Waals surface area (Å²) in [6.45, 7) is 6.10. The minimum atomic E-state index is -4.36. The second-order valence-corrected chi connectivity index (χ2v) is 7.20. The molecule has 1 aliphatic heterocycles.